The third-order valence-electron chi connectivity index (χ3n) is 1.93. The third-order valence-corrected chi connectivity index (χ3v) is 2.52. The molecule has 0 spiro atoms. The lowest BCUT2D eigenvalue weighted by atomic mass is 10.2. The fourth-order valence-corrected chi connectivity index (χ4v) is 1.53. The SMILES string of the molecule is CCOC(NC(=O)c1ccccc1)C(Cl)(Cl)Cl. The molecule has 1 aromatic rings. The van der Waals surface area contributed by atoms with Crippen LogP contribution in [0.15, 0.2) is 30.3 Å². The van der Waals surface area contributed by atoms with E-state index in [1.807, 2.05) is 6.07 Å². The molecule has 0 heterocycles. The van der Waals surface area contributed by atoms with Crippen LogP contribution in [0.4, 0.5) is 0 Å². The summed E-state index contributed by atoms with van der Waals surface area (Å²) in [5.41, 5.74) is 0.478. The Balaban J connectivity index is 2.71. The molecule has 1 amide bonds. The second kappa shape index (κ2) is 6.45. The second-order valence-corrected chi connectivity index (χ2v) is 5.59. The Morgan fingerprint density at radius 3 is 2.41 bits per heavy atom. The summed E-state index contributed by atoms with van der Waals surface area (Å²) in [5.74, 6) is -0.352. The van der Waals surface area contributed by atoms with Crippen molar-refractivity contribution < 1.29 is 9.53 Å². The van der Waals surface area contributed by atoms with E-state index in [0.29, 0.717) is 12.2 Å². The van der Waals surface area contributed by atoms with E-state index in [4.69, 9.17) is 39.5 Å². The van der Waals surface area contributed by atoms with Gasteiger partial charge >= 0.3 is 0 Å². The number of hydrogen-bond donors (Lipinski definition) is 1. The van der Waals surface area contributed by atoms with E-state index in [-0.39, 0.29) is 5.91 Å². The van der Waals surface area contributed by atoms with Gasteiger partial charge in [0.25, 0.3) is 5.91 Å². The van der Waals surface area contributed by atoms with Crippen LogP contribution in [0.5, 0.6) is 0 Å². The van der Waals surface area contributed by atoms with Crippen molar-refractivity contribution in [2.75, 3.05) is 6.61 Å². The molecule has 0 fully saturated rings. The van der Waals surface area contributed by atoms with Gasteiger partial charge in [-0.1, -0.05) is 53.0 Å². The molecule has 1 N–H and O–H groups in total. The highest BCUT2D eigenvalue weighted by molar-refractivity contribution is 6.68. The van der Waals surface area contributed by atoms with Crippen LogP contribution in [0.25, 0.3) is 0 Å². The number of carbonyl (C=O) groups is 1. The van der Waals surface area contributed by atoms with Gasteiger partial charge in [-0.25, -0.2) is 0 Å². The lowest BCUT2D eigenvalue weighted by Gasteiger charge is -2.25. The number of halogens is 3. The maximum atomic E-state index is 11.8. The van der Waals surface area contributed by atoms with Crippen molar-refractivity contribution >= 4 is 40.7 Å². The van der Waals surface area contributed by atoms with Crippen LogP contribution < -0.4 is 5.32 Å². The number of alkyl halides is 3. The average Bonchev–Trinajstić information content (AvgIpc) is 2.28. The van der Waals surface area contributed by atoms with Crippen LogP contribution in [0.1, 0.15) is 17.3 Å². The molecule has 0 aliphatic rings. The van der Waals surface area contributed by atoms with Crippen LogP contribution in [-0.2, 0) is 4.74 Å². The van der Waals surface area contributed by atoms with E-state index in [0.717, 1.165) is 0 Å². The Labute approximate surface area is 115 Å². The standard InChI is InChI=1S/C11H12Cl3NO2/c1-2-17-10(11(12,13)14)15-9(16)8-6-4-3-5-7-8/h3-7,10H,2H2,1H3,(H,15,16). The van der Waals surface area contributed by atoms with Crippen molar-refractivity contribution in [1.29, 1.82) is 0 Å². The average molecular weight is 297 g/mol. The van der Waals surface area contributed by atoms with E-state index in [1.54, 1.807) is 31.2 Å². The molecule has 0 aliphatic carbocycles. The molecule has 1 aromatic carbocycles. The Bertz CT molecular complexity index is 365. The number of rotatable bonds is 4. The Morgan fingerprint density at radius 1 is 1.35 bits per heavy atom. The van der Waals surface area contributed by atoms with E-state index in [2.05, 4.69) is 5.32 Å². The van der Waals surface area contributed by atoms with Gasteiger partial charge in [0.1, 0.15) is 0 Å². The Kier molecular flexibility index (Phi) is 5.53. The molecule has 0 saturated heterocycles. The number of nitrogens with one attached hydrogen (secondary N) is 1. The fourth-order valence-electron chi connectivity index (χ4n) is 1.18. The van der Waals surface area contributed by atoms with E-state index >= 15 is 0 Å². The Morgan fingerprint density at radius 2 is 1.94 bits per heavy atom. The summed E-state index contributed by atoms with van der Waals surface area (Å²) >= 11 is 17.1. The molecular weight excluding hydrogens is 284 g/mol. The molecule has 1 rings (SSSR count). The summed E-state index contributed by atoms with van der Waals surface area (Å²) in [7, 11) is 0. The van der Waals surface area contributed by atoms with Gasteiger partial charge < -0.3 is 10.1 Å². The van der Waals surface area contributed by atoms with Crippen molar-refractivity contribution in [2.45, 2.75) is 16.9 Å². The lowest BCUT2D eigenvalue weighted by Crippen LogP contribution is -2.45. The summed E-state index contributed by atoms with van der Waals surface area (Å²) in [5, 5.41) is 2.52. The maximum Gasteiger partial charge on any atom is 0.253 e. The first kappa shape index (κ1) is 14.6. The molecule has 0 aliphatic heterocycles. The maximum absolute atomic E-state index is 11.8. The van der Waals surface area contributed by atoms with Crippen molar-refractivity contribution in [1.82, 2.24) is 5.32 Å². The predicted octanol–water partition coefficient (Wildman–Crippen LogP) is 3.15. The quantitative estimate of drug-likeness (QED) is 0.685. The minimum Gasteiger partial charge on any atom is -0.354 e. The van der Waals surface area contributed by atoms with Gasteiger partial charge in [0.2, 0.25) is 3.79 Å². The molecule has 0 saturated carbocycles. The molecule has 1 atom stereocenters. The molecule has 1 unspecified atom stereocenters. The van der Waals surface area contributed by atoms with Gasteiger partial charge in [-0.2, -0.15) is 0 Å². The zero-order chi connectivity index (χ0) is 12.9. The van der Waals surface area contributed by atoms with E-state index in [1.165, 1.54) is 0 Å². The first-order valence-electron chi connectivity index (χ1n) is 4.99. The summed E-state index contributed by atoms with van der Waals surface area (Å²) in [4.78, 5) is 11.8. The topological polar surface area (TPSA) is 38.3 Å². The Hall–Kier alpha value is -0.480. The van der Waals surface area contributed by atoms with Crippen molar-refractivity contribution in [3.8, 4) is 0 Å². The molecule has 0 radical (unpaired) electrons. The van der Waals surface area contributed by atoms with Gasteiger partial charge in [-0.15, -0.1) is 0 Å². The van der Waals surface area contributed by atoms with E-state index in [9.17, 15) is 4.79 Å². The highest BCUT2D eigenvalue weighted by atomic mass is 35.6. The fraction of sp³-hybridized carbons (Fsp3) is 0.364. The second-order valence-electron chi connectivity index (χ2n) is 3.22. The van der Waals surface area contributed by atoms with Crippen LogP contribution in [0.3, 0.4) is 0 Å². The summed E-state index contributed by atoms with van der Waals surface area (Å²) < 4.78 is 3.46. The molecular formula is C11H12Cl3NO2. The molecule has 94 valence electrons. The normalized spacial score (nSPS) is 13.2. The van der Waals surface area contributed by atoms with Crippen molar-refractivity contribution in [3.05, 3.63) is 35.9 Å². The van der Waals surface area contributed by atoms with Crippen LogP contribution in [0.2, 0.25) is 0 Å². The predicted molar refractivity (Wildman–Crippen MR) is 69.6 cm³/mol. The van der Waals surface area contributed by atoms with Crippen molar-refractivity contribution in [2.24, 2.45) is 0 Å². The van der Waals surface area contributed by atoms with Gasteiger partial charge in [-0.3, -0.25) is 4.79 Å². The largest absolute Gasteiger partial charge is 0.354 e. The zero-order valence-corrected chi connectivity index (χ0v) is 11.4. The third kappa shape index (κ3) is 4.72. The summed E-state index contributed by atoms with van der Waals surface area (Å²) in [6.45, 7) is 2.08. The first-order valence-corrected chi connectivity index (χ1v) is 6.12. The molecule has 17 heavy (non-hydrogen) atoms. The van der Waals surface area contributed by atoms with Crippen LogP contribution in [-0.4, -0.2) is 22.5 Å². The summed E-state index contributed by atoms with van der Waals surface area (Å²) in [6, 6.07) is 8.64. The molecule has 0 aromatic heterocycles. The van der Waals surface area contributed by atoms with Crippen molar-refractivity contribution in [3.63, 3.8) is 0 Å². The van der Waals surface area contributed by atoms with Gasteiger partial charge in [0.15, 0.2) is 6.23 Å². The zero-order valence-electron chi connectivity index (χ0n) is 9.12. The number of hydrogen-bond acceptors (Lipinski definition) is 2. The summed E-state index contributed by atoms with van der Waals surface area (Å²) in [6.07, 6.45) is -0.981. The molecule has 6 heteroatoms. The minimum atomic E-state index is -1.71. The number of ether oxygens (including phenoxy) is 1. The highest BCUT2D eigenvalue weighted by Gasteiger charge is 2.34. The van der Waals surface area contributed by atoms with E-state index < -0.39 is 10.0 Å². The lowest BCUT2D eigenvalue weighted by molar-refractivity contribution is 0.0368. The minimum absolute atomic E-state index is 0.327. The number of amides is 1. The van der Waals surface area contributed by atoms with Gasteiger partial charge in [0.05, 0.1) is 0 Å². The monoisotopic (exact) mass is 295 g/mol. The molecule has 3 nitrogen and oxygen atoms in total. The number of benzene rings is 1. The number of carbonyl (C=O) groups excluding carboxylic acids is 1. The molecule has 0 bridgehead atoms. The smallest absolute Gasteiger partial charge is 0.253 e. The van der Waals surface area contributed by atoms with Gasteiger partial charge in [0, 0.05) is 12.2 Å². The van der Waals surface area contributed by atoms with Crippen LogP contribution in [0, 0.1) is 0 Å². The van der Waals surface area contributed by atoms with Gasteiger partial charge in [-0.05, 0) is 19.1 Å². The highest BCUT2D eigenvalue weighted by Crippen LogP contribution is 2.31. The first-order chi connectivity index (χ1) is 7.95. The van der Waals surface area contributed by atoms with Crippen LogP contribution >= 0.6 is 34.8 Å².